The van der Waals surface area contributed by atoms with Crippen LogP contribution in [0.25, 0.3) is 11.5 Å². The minimum Gasteiger partial charge on any atom is -0.411 e. The number of rotatable bonds is 4. The van der Waals surface area contributed by atoms with E-state index in [1.807, 2.05) is 36.1 Å². The average Bonchev–Trinajstić information content (AvgIpc) is 3.00. The number of likely N-dealkylation sites (tertiary alicyclic amines) is 1. The third-order valence-electron chi connectivity index (χ3n) is 4.21. The van der Waals surface area contributed by atoms with Gasteiger partial charge in [-0.1, -0.05) is 43.3 Å². The lowest BCUT2D eigenvalue weighted by Crippen LogP contribution is -2.43. The summed E-state index contributed by atoms with van der Waals surface area (Å²) in [6.45, 7) is 8.13. The van der Waals surface area contributed by atoms with E-state index >= 15 is 0 Å². The maximum atomic E-state index is 12.4. The molecule has 1 amide bonds. The van der Waals surface area contributed by atoms with Gasteiger partial charge in [-0.15, -0.1) is 10.2 Å². The van der Waals surface area contributed by atoms with E-state index in [-0.39, 0.29) is 5.91 Å². The first-order chi connectivity index (χ1) is 11.5. The molecule has 5 nitrogen and oxygen atoms in total. The predicted octanol–water partition coefficient (Wildman–Crippen LogP) is 3.64. The number of piperidine rings is 1. The Hall–Kier alpha value is -1.82. The van der Waals surface area contributed by atoms with Crippen LogP contribution in [0.1, 0.15) is 25.8 Å². The van der Waals surface area contributed by atoms with Crippen LogP contribution in [-0.2, 0) is 4.79 Å². The van der Waals surface area contributed by atoms with Gasteiger partial charge < -0.3 is 9.32 Å². The molecule has 1 aromatic carbocycles. The monoisotopic (exact) mass is 345 g/mol. The largest absolute Gasteiger partial charge is 0.411 e. The number of amides is 1. The number of aryl methyl sites for hydroxylation is 1. The molecule has 2 aromatic rings. The molecule has 128 valence electrons. The van der Waals surface area contributed by atoms with E-state index in [1.54, 1.807) is 0 Å². The highest BCUT2D eigenvalue weighted by molar-refractivity contribution is 7.99. The van der Waals surface area contributed by atoms with Gasteiger partial charge in [0.15, 0.2) is 0 Å². The van der Waals surface area contributed by atoms with Gasteiger partial charge in [0.2, 0.25) is 11.8 Å². The zero-order valence-corrected chi connectivity index (χ0v) is 15.2. The fourth-order valence-electron chi connectivity index (χ4n) is 3.24. The van der Waals surface area contributed by atoms with Crippen molar-refractivity contribution < 1.29 is 9.21 Å². The van der Waals surface area contributed by atoms with Crippen molar-refractivity contribution in [3.63, 3.8) is 0 Å². The molecule has 1 saturated heterocycles. The molecule has 0 radical (unpaired) electrons. The van der Waals surface area contributed by atoms with Crippen molar-refractivity contribution in [1.29, 1.82) is 0 Å². The Morgan fingerprint density at radius 3 is 2.75 bits per heavy atom. The zero-order chi connectivity index (χ0) is 17.1. The molecule has 2 heterocycles. The number of nitrogens with zero attached hydrogens (tertiary/aromatic N) is 3. The maximum absolute atomic E-state index is 12.4. The van der Waals surface area contributed by atoms with Crippen molar-refractivity contribution in [1.82, 2.24) is 15.1 Å². The standard InChI is InChI=1S/C18H23N3O2S/c1-12-5-4-6-15(8-12)17-19-20-18(23-17)24-11-16(22)21-9-13(2)7-14(3)10-21/h4-6,8,13-14H,7,9-11H2,1-3H3/t13-,14+. The summed E-state index contributed by atoms with van der Waals surface area (Å²) in [5, 5.41) is 8.57. The van der Waals surface area contributed by atoms with Crippen LogP contribution in [0.5, 0.6) is 0 Å². The van der Waals surface area contributed by atoms with E-state index in [0.29, 0.717) is 28.7 Å². The summed E-state index contributed by atoms with van der Waals surface area (Å²) < 4.78 is 5.67. The van der Waals surface area contributed by atoms with Crippen molar-refractivity contribution >= 4 is 17.7 Å². The highest BCUT2D eigenvalue weighted by Crippen LogP contribution is 2.25. The molecule has 1 fully saturated rings. The van der Waals surface area contributed by atoms with E-state index in [1.165, 1.54) is 18.2 Å². The smallest absolute Gasteiger partial charge is 0.277 e. The average molecular weight is 345 g/mol. The fourth-order valence-corrected chi connectivity index (χ4v) is 3.91. The van der Waals surface area contributed by atoms with Crippen LogP contribution in [0, 0.1) is 18.8 Å². The lowest BCUT2D eigenvalue weighted by molar-refractivity contribution is -0.130. The number of aromatic nitrogens is 2. The molecule has 0 aliphatic carbocycles. The predicted molar refractivity (Wildman–Crippen MR) is 94.7 cm³/mol. The summed E-state index contributed by atoms with van der Waals surface area (Å²) in [6.07, 6.45) is 1.19. The van der Waals surface area contributed by atoms with E-state index in [4.69, 9.17) is 4.42 Å². The number of carbonyl (C=O) groups excluding carboxylic acids is 1. The normalized spacial score (nSPS) is 21.0. The fraction of sp³-hybridized carbons (Fsp3) is 0.500. The lowest BCUT2D eigenvalue weighted by atomic mass is 9.92. The molecular formula is C18H23N3O2S. The minimum absolute atomic E-state index is 0.147. The van der Waals surface area contributed by atoms with Crippen molar-refractivity contribution in [2.24, 2.45) is 11.8 Å². The first-order valence-electron chi connectivity index (χ1n) is 8.32. The third kappa shape index (κ3) is 4.17. The zero-order valence-electron chi connectivity index (χ0n) is 14.4. The molecule has 1 aromatic heterocycles. The van der Waals surface area contributed by atoms with Gasteiger partial charge in [-0.05, 0) is 37.3 Å². The SMILES string of the molecule is Cc1cccc(-c2nnc(SCC(=O)N3C[C@H](C)C[C@H](C)C3)o2)c1. The number of benzene rings is 1. The minimum atomic E-state index is 0.147. The van der Waals surface area contributed by atoms with Crippen LogP contribution in [0.4, 0.5) is 0 Å². The maximum Gasteiger partial charge on any atom is 0.277 e. The summed E-state index contributed by atoms with van der Waals surface area (Å²) in [6, 6.07) is 7.93. The third-order valence-corrected chi connectivity index (χ3v) is 5.02. The highest BCUT2D eigenvalue weighted by Gasteiger charge is 2.25. The van der Waals surface area contributed by atoms with Crippen molar-refractivity contribution in [3.8, 4) is 11.5 Å². The topological polar surface area (TPSA) is 59.2 Å². The van der Waals surface area contributed by atoms with E-state index < -0.39 is 0 Å². The summed E-state index contributed by atoms with van der Waals surface area (Å²) in [4.78, 5) is 14.4. The van der Waals surface area contributed by atoms with Gasteiger partial charge in [-0.25, -0.2) is 0 Å². The Kier molecular flexibility index (Phi) is 5.23. The number of thioether (sulfide) groups is 1. The Morgan fingerprint density at radius 2 is 2.04 bits per heavy atom. The second kappa shape index (κ2) is 7.38. The summed E-state index contributed by atoms with van der Waals surface area (Å²) >= 11 is 1.31. The summed E-state index contributed by atoms with van der Waals surface area (Å²) in [5.41, 5.74) is 2.04. The second-order valence-electron chi connectivity index (χ2n) is 6.78. The highest BCUT2D eigenvalue weighted by atomic mass is 32.2. The molecular weight excluding hydrogens is 322 g/mol. The van der Waals surface area contributed by atoms with Crippen LogP contribution >= 0.6 is 11.8 Å². The first-order valence-corrected chi connectivity index (χ1v) is 9.31. The van der Waals surface area contributed by atoms with Gasteiger partial charge in [0, 0.05) is 18.7 Å². The Labute approximate surface area is 146 Å². The van der Waals surface area contributed by atoms with Crippen LogP contribution in [0.15, 0.2) is 33.9 Å². The Morgan fingerprint density at radius 1 is 1.29 bits per heavy atom. The van der Waals surface area contributed by atoms with Crippen LogP contribution in [-0.4, -0.2) is 39.8 Å². The first kappa shape index (κ1) is 17.0. The molecule has 1 aliphatic rings. The van der Waals surface area contributed by atoms with Gasteiger partial charge in [0.05, 0.1) is 5.75 Å². The van der Waals surface area contributed by atoms with Crippen LogP contribution in [0.2, 0.25) is 0 Å². The van der Waals surface area contributed by atoms with Gasteiger partial charge in [0.1, 0.15) is 0 Å². The van der Waals surface area contributed by atoms with Gasteiger partial charge in [-0.2, -0.15) is 0 Å². The van der Waals surface area contributed by atoms with E-state index in [0.717, 1.165) is 24.2 Å². The van der Waals surface area contributed by atoms with Gasteiger partial charge >= 0.3 is 0 Å². The van der Waals surface area contributed by atoms with Crippen molar-refractivity contribution in [3.05, 3.63) is 29.8 Å². The molecule has 1 aliphatic heterocycles. The molecule has 0 unspecified atom stereocenters. The second-order valence-corrected chi connectivity index (χ2v) is 7.70. The molecule has 2 atom stereocenters. The van der Waals surface area contributed by atoms with Crippen LogP contribution < -0.4 is 0 Å². The van der Waals surface area contributed by atoms with Crippen LogP contribution in [0.3, 0.4) is 0 Å². The van der Waals surface area contributed by atoms with Gasteiger partial charge in [0.25, 0.3) is 5.22 Å². The molecule has 0 spiro atoms. The molecule has 0 N–H and O–H groups in total. The Bertz CT molecular complexity index is 706. The molecule has 0 saturated carbocycles. The van der Waals surface area contributed by atoms with Crippen molar-refractivity contribution in [2.45, 2.75) is 32.4 Å². The van der Waals surface area contributed by atoms with E-state index in [2.05, 4.69) is 24.0 Å². The number of hydrogen-bond acceptors (Lipinski definition) is 5. The quantitative estimate of drug-likeness (QED) is 0.792. The summed E-state index contributed by atoms with van der Waals surface area (Å²) in [5.74, 6) is 2.12. The summed E-state index contributed by atoms with van der Waals surface area (Å²) in [7, 11) is 0. The molecule has 24 heavy (non-hydrogen) atoms. The number of hydrogen-bond donors (Lipinski definition) is 0. The van der Waals surface area contributed by atoms with Crippen molar-refractivity contribution in [2.75, 3.05) is 18.8 Å². The lowest BCUT2D eigenvalue weighted by Gasteiger charge is -2.34. The Balaban J connectivity index is 1.58. The molecule has 3 rings (SSSR count). The number of carbonyl (C=O) groups is 1. The molecule has 6 heteroatoms. The van der Waals surface area contributed by atoms with E-state index in [9.17, 15) is 4.79 Å². The molecule has 0 bridgehead atoms. The van der Waals surface area contributed by atoms with Gasteiger partial charge in [-0.3, -0.25) is 4.79 Å².